The summed E-state index contributed by atoms with van der Waals surface area (Å²) in [4.78, 5) is 7.07. The molecule has 0 fully saturated rings. The number of fused-ring (bicyclic) bond motifs is 1. The monoisotopic (exact) mass is 196 g/mol. The van der Waals surface area contributed by atoms with Crippen LogP contribution in [-0.4, -0.2) is 16.5 Å². The predicted octanol–water partition coefficient (Wildman–Crippen LogP) is 1.47. The van der Waals surface area contributed by atoms with E-state index in [-0.39, 0.29) is 0 Å². The van der Waals surface area contributed by atoms with Crippen LogP contribution in [0.3, 0.4) is 0 Å². The van der Waals surface area contributed by atoms with Gasteiger partial charge in [-0.3, -0.25) is 0 Å². The van der Waals surface area contributed by atoms with Crippen molar-refractivity contribution in [3.8, 4) is 0 Å². The summed E-state index contributed by atoms with van der Waals surface area (Å²) >= 11 is 4.94. The van der Waals surface area contributed by atoms with Gasteiger partial charge in [-0.15, -0.1) is 0 Å². The summed E-state index contributed by atoms with van der Waals surface area (Å²) in [7, 11) is 0. The number of aromatic nitrogens is 2. The van der Waals surface area contributed by atoms with Crippen molar-refractivity contribution in [3.63, 3.8) is 0 Å². The maximum absolute atomic E-state index is 5.81. The second kappa shape index (κ2) is 3.33. The van der Waals surface area contributed by atoms with Crippen molar-refractivity contribution in [2.24, 2.45) is 0 Å². The molecule has 0 radical (unpaired) electrons. The quantitative estimate of drug-likeness (QED) is 0.550. The van der Waals surface area contributed by atoms with Crippen molar-refractivity contribution >= 4 is 23.9 Å². The van der Waals surface area contributed by atoms with Gasteiger partial charge in [0.2, 0.25) is 0 Å². The lowest BCUT2D eigenvalue weighted by Crippen LogP contribution is -2.06. The summed E-state index contributed by atoms with van der Waals surface area (Å²) in [5, 5.41) is 3.23. The van der Waals surface area contributed by atoms with E-state index in [1.54, 1.807) is 0 Å². The molecule has 1 aliphatic rings. The summed E-state index contributed by atoms with van der Waals surface area (Å²) in [6.07, 6.45) is 3.28. The van der Waals surface area contributed by atoms with Crippen molar-refractivity contribution in [3.05, 3.63) is 10.3 Å². The first-order chi connectivity index (χ1) is 6.27. The highest BCUT2D eigenvalue weighted by Crippen LogP contribution is 2.22. The second-order valence-corrected chi connectivity index (χ2v) is 3.55. The Kier molecular flexibility index (Phi) is 2.18. The molecule has 1 aromatic rings. The summed E-state index contributed by atoms with van der Waals surface area (Å²) in [6, 6.07) is 0. The van der Waals surface area contributed by atoms with Crippen LogP contribution < -0.4 is 11.1 Å². The highest BCUT2D eigenvalue weighted by molar-refractivity contribution is 7.71. The zero-order chi connectivity index (χ0) is 9.26. The first kappa shape index (κ1) is 8.50. The molecule has 0 saturated carbocycles. The Balaban J connectivity index is 2.53. The fourth-order valence-electron chi connectivity index (χ4n) is 1.55. The van der Waals surface area contributed by atoms with E-state index in [2.05, 4.69) is 15.3 Å². The zero-order valence-corrected chi connectivity index (χ0v) is 8.08. The third kappa shape index (κ3) is 1.65. The molecule has 0 atom stereocenters. The van der Waals surface area contributed by atoms with Gasteiger partial charge in [0.15, 0.2) is 4.77 Å². The molecular formula is C8H12N4S. The average molecular weight is 196 g/mol. The molecule has 0 saturated heterocycles. The van der Waals surface area contributed by atoms with E-state index in [1.165, 1.54) is 0 Å². The van der Waals surface area contributed by atoms with Crippen LogP contribution in [0.5, 0.6) is 0 Å². The molecule has 0 unspecified atom stereocenters. The van der Waals surface area contributed by atoms with Crippen LogP contribution >= 0.6 is 12.2 Å². The number of nitrogens with two attached hydrogens (primary N) is 1. The predicted molar refractivity (Wildman–Crippen MR) is 55.3 cm³/mol. The molecule has 70 valence electrons. The van der Waals surface area contributed by atoms with Gasteiger partial charge in [-0.05, 0) is 31.5 Å². The van der Waals surface area contributed by atoms with Crippen molar-refractivity contribution in [2.45, 2.75) is 19.3 Å². The zero-order valence-electron chi connectivity index (χ0n) is 7.26. The number of rotatable bonds is 0. The van der Waals surface area contributed by atoms with Crippen molar-refractivity contribution < 1.29 is 0 Å². The van der Waals surface area contributed by atoms with E-state index in [0.29, 0.717) is 10.6 Å². The summed E-state index contributed by atoms with van der Waals surface area (Å²) in [6.45, 7) is 0.957. The molecule has 2 rings (SSSR count). The number of H-pyrrole nitrogens is 1. The molecule has 1 aliphatic heterocycles. The van der Waals surface area contributed by atoms with Gasteiger partial charge in [0.1, 0.15) is 11.6 Å². The van der Waals surface area contributed by atoms with Gasteiger partial charge in [-0.25, -0.2) is 4.98 Å². The Morgan fingerprint density at radius 1 is 1.38 bits per heavy atom. The number of aromatic amines is 1. The van der Waals surface area contributed by atoms with Crippen LogP contribution in [0.1, 0.15) is 18.4 Å². The second-order valence-electron chi connectivity index (χ2n) is 3.17. The Bertz CT molecular complexity index is 371. The minimum Gasteiger partial charge on any atom is -0.385 e. The molecule has 4 nitrogen and oxygen atoms in total. The maximum Gasteiger partial charge on any atom is 0.200 e. The molecule has 4 N–H and O–H groups in total. The molecule has 0 amide bonds. The molecule has 13 heavy (non-hydrogen) atoms. The lowest BCUT2D eigenvalue weighted by molar-refractivity contribution is 0.785. The molecule has 5 heteroatoms. The van der Waals surface area contributed by atoms with Crippen LogP contribution in [0.25, 0.3) is 0 Å². The van der Waals surface area contributed by atoms with Crippen molar-refractivity contribution in [2.75, 3.05) is 17.6 Å². The normalized spacial score (nSPS) is 15.7. The van der Waals surface area contributed by atoms with Gasteiger partial charge in [-0.1, -0.05) is 0 Å². The minimum atomic E-state index is 0.450. The largest absolute Gasteiger partial charge is 0.385 e. The molecule has 0 bridgehead atoms. The van der Waals surface area contributed by atoms with Gasteiger partial charge in [0.05, 0.1) is 0 Å². The van der Waals surface area contributed by atoms with Crippen LogP contribution in [0.4, 0.5) is 11.6 Å². The molecule has 0 aromatic carbocycles. The van der Waals surface area contributed by atoms with E-state index in [9.17, 15) is 0 Å². The van der Waals surface area contributed by atoms with E-state index in [4.69, 9.17) is 18.0 Å². The lowest BCUT2D eigenvalue weighted by atomic mass is 10.1. The molecule has 0 spiro atoms. The fraction of sp³-hybridized carbons (Fsp3) is 0.500. The van der Waals surface area contributed by atoms with Crippen LogP contribution in [0.15, 0.2) is 0 Å². The topological polar surface area (TPSA) is 66.7 Å². The third-order valence-electron chi connectivity index (χ3n) is 2.21. The number of hydrogen-bond donors (Lipinski definition) is 3. The Morgan fingerprint density at radius 3 is 3.08 bits per heavy atom. The minimum absolute atomic E-state index is 0.450. The molecule has 2 heterocycles. The van der Waals surface area contributed by atoms with E-state index < -0.39 is 0 Å². The number of nitrogens with zero attached hydrogens (tertiary/aromatic N) is 1. The number of hydrogen-bond acceptors (Lipinski definition) is 4. The fourth-order valence-corrected chi connectivity index (χ4v) is 1.75. The van der Waals surface area contributed by atoms with E-state index in [1.807, 2.05) is 0 Å². The summed E-state index contributed by atoms with van der Waals surface area (Å²) in [5.41, 5.74) is 6.88. The summed E-state index contributed by atoms with van der Waals surface area (Å²) in [5.74, 6) is 1.52. The van der Waals surface area contributed by atoms with Gasteiger partial charge in [0, 0.05) is 12.1 Å². The van der Waals surface area contributed by atoms with Crippen LogP contribution in [-0.2, 0) is 6.42 Å². The van der Waals surface area contributed by atoms with Crippen LogP contribution in [0, 0.1) is 4.77 Å². The molecule has 0 aliphatic carbocycles. The average Bonchev–Trinajstić information content (AvgIpc) is 2.28. The first-order valence-electron chi connectivity index (χ1n) is 4.40. The smallest absolute Gasteiger partial charge is 0.200 e. The van der Waals surface area contributed by atoms with Crippen molar-refractivity contribution in [1.29, 1.82) is 0 Å². The highest BCUT2D eigenvalue weighted by atomic mass is 32.1. The van der Waals surface area contributed by atoms with Gasteiger partial charge >= 0.3 is 0 Å². The highest BCUT2D eigenvalue weighted by Gasteiger charge is 2.11. The Hall–Kier alpha value is -1.10. The number of anilines is 2. The number of nitrogen functional groups attached to an aromatic ring is 1. The molecular weight excluding hydrogens is 184 g/mol. The third-order valence-corrected chi connectivity index (χ3v) is 2.41. The van der Waals surface area contributed by atoms with Crippen molar-refractivity contribution in [1.82, 2.24) is 9.97 Å². The SMILES string of the molecule is Nc1[nH]c(=S)nc2c1CCCCN2. The van der Waals surface area contributed by atoms with Gasteiger partial charge in [0.25, 0.3) is 0 Å². The van der Waals surface area contributed by atoms with Crippen LogP contribution in [0.2, 0.25) is 0 Å². The van der Waals surface area contributed by atoms with E-state index >= 15 is 0 Å². The standard InChI is InChI=1S/C8H12N4S/c9-6-5-3-1-2-4-10-7(5)12-8(13)11-6/h1-4H2,(H4,9,10,11,12,13). The molecule has 1 aromatic heterocycles. The Morgan fingerprint density at radius 2 is 2.23 bits per heavy atom. The van der Waals surface area contributed by atoms with Gasteiger partial charge < -0.3 is 16.0 Å². The number of nitrogens with one attached hydrogen (secondary N) is 2. The first-order valence-corrected chi connectivity index (χ1v) is 4.81. The van der Waals surface area contributed by atoms with E-state index in [0.717, 1.165) is 37.2 Å². The maximum atomic E-state index is 5.81. The Labute approximate surface area is 81.6 Å². The lowest BCUT2D eigenvalue weighted by Gasteiger charge is -2.07. The van der Waals surface area contributed by atoms with Gasteiger partial charge in [-0.2, -0.15) is 0 Å². The summed E-state index contributed by atoms with van der Waals surface area (Å²) < 4.78 is 0.450.